The Hall–Kier alpha value is -3.11. The summed E-state index contributed by atoms with van der Waals surface area (Å²) in [7, 11) is 0. The highest BCUT2D eigenvalue weighted by Crippen LogP contribution is 2.25. The van der Waals surface area contributed by atoms with Gasteiger partial charge in [-0.25, -0.2) is 4.98 Å². The molecule has 26 heavy (non-hydrogen) atoms. The Balaban J connectivity index is 1.67. The van der Waals surface area contributed by atoms with E-state index in [1.807, 2.05) is 42.5 Å². The van der Waals surface area contributed by atoms with Gasteiger partial charge < -0.3 is 9.73 Å². The van der Waals surface area contributed by atoms with Crippen molar-refractivity contribution in [1.29, 1.82) is 0 Å². The smallest absolute Gasteiger partial charge is 0.252 e. The average Bonchev–Trinajstić information content (AvgIpc) is 3.21. The summed E-state index contributed by atoms with van der Waals surface area (Å²) in [4.78, 5) is 17.4. The Morgan fingerprint density at radius 1 is 1.04 bits per heavy atom. The molecule has 2 aromatic heterocycles. The molecule has 0 atom stereocenters. The van der Waals surface area contributed by atoms with Crippen LogP contribution in [0.3, 0.4) is 0 Å². The number of aromatic nitrogens is 1. The summed E-state index contributed by atoms with van der Waals surface area (Å²) in [6.07, 6.45) is 1.59. The van der Waals surface area contributed by atoms with Crippen molar-refractivity contribution in [3.63, 3.8) is 0 Å². The van der Waals surface area contributed by atoms with Crippen LogP contribution in [-0.4, -0.2) is 10.9 Å². The van der Waals surface area contributed by atoms with Gasteiger partial charge in [0, 0.05) is 17.0 Å². The van der Waals surface area contributed by atoms with Crippen LogP contribution in [0.1, 0.15) is 15.9 Å². The zero-order valence-electron chi connectivity index (χ0n) is 13.8. The van der Waals surface area contributed by atoms with Crippen molar-refractivity contribution in [2.75, 3.05) is 0 Å². The van der Waals surface area contributed by atoms with Crippen LogP contribution in [0, 0.1) is 0 Å². The van der Waals surface area contributed by atoms with Gasteiger partial charge >= 0.3 is 0 Å². The molecule has 4 nitrogen and oxygen atoms in total. The maximum atomic E-state index is 12.8. The highest BCUT2D eigenvalue weighted by Gasteiger charge is 2.14. The van der Waals surface area contributed by atoms with E-state index in [9.17, 15) is 4.79 Å². The summed E-state index contributed by atoms with van der Waals surface area (Å²) in [6, 6.07) is 20.4. The lowest BCUT2D eigenvalue weighted by Gasteiger charge is -2.10. The first-order valence-corrected chi connectivity index (χ1v) is 8.55. The lowest BCUT2D eigenvalue weighted by molar-refractivity contribution is 0.0952. The van der Waals surface area contributed by atoms with E-state index >= 15 is 0 Å². The number of rotatable bonds is 4. The van der Waals surface area contributed by atoms with Crippen LogP contribution in [-0.2, 0) is 6.54 Å². The molecule has 0 saturated heterocycles. The molecule has 128 valence electrons. The number of pyridine rings is 1. The number of carbonyl (C=O) groups excluding carboxylic acids is 1. The molecule has 2 heterocycles. The van der Waals surface area contributed by atoms with E-state index < -0.39 is 0 Å². The number of benzene rings is 2. The Bertz CT molecular complexity index is 1060. The van der Waals surface area contributed by atoms with Gasteiger partial charge in [-0.1, -0.05) is 41.9 Å². The van der Waals surface area contributed by atoms with E-state index in [2.05, 4.69) is 10.3 Å². The third-order valence-corrected chi connectivity index (χ3v) is 4.35. The topological polar surface area (TPSA) is 55.1 Å². The number of para-hydroxylation sites is 1. The highest BCUT2D eigenvalue weighted by molar-refractivity contribution is 6.30. The van der Waals surface area contributed by atoms with Crippen molar-refractivity contribution in [2.45, 2.75) is 6.54 Å². The molecule has 1 amide bonds. The van der Waals surface area contributed by atoms with Crippen molar-refractivity contribution >= 4 is 28.4 Å². The van der Waals surface area contributed by atoms with Crippen LogP contribution in [0.25, 0.3) is 22.4 Å². The van der Waals surface area contributed by atoms with E-state index in [0.29, 0.717) is 28.6 Å². The summed E-state index contributed by atoms with van der Waals surface area (Å²) < 4.78 is 5.44. The Labute approximate surface area is 155 Å². The minimum atomic E-state index is -0.161. The van der Waals surface area contributed by atoms with E-state index in [1.165, 1.54) is 0 Å². The molecule has 0 unspecified atom stereocenters. The predicted molar refractivity (Wildman–Crippen MR) is 102 cm³/mol. The molecule has 0 saturated carbocycles. The quantitative estimate of drug-likeness (QED) is 0.551. The molecule has 0 spiro atoms. The maximum Gasteiger partial charge on any atom is 0.252 e. The normalized spacial score (nSPS) is 10.8. The number of nitrogens with one attached hydrogen (secondary N) is 1. The largest absolute Gasteiger partial charge is 0.463 e. The molecule has 0 aliphatic heterocycles. The van der Waals surface area contributed by atoms with Gasteiger partial charge in [-0.05, 0) is 42.0 Å². The van der Waals surface area contributed by atoms with Crippen LogP contribution in [0.15, 0.2) is 77.4 Å². The molecule has 1 N–H and O–H groups in total. The highest BCUT2D eigenvalue weighted by atomic mass is 35.5. The summed E-state index contributed by atoms with van der Waals surface area (Å²) in [5.41, 5.74) is 2.92. The molecule has 0 fully saturated rings. The van der Waals surface area contributed by atoms with E-state index in [4.69, 9.17) is 16.0 Å². The van der Waals surface area contributed by atoms with Crippen molar-refractivity contribution < 1.29 is 9.21 Å². The Morgan fingerprint density at radius 3 is 2.62 bits per heavy atom. The van der Waals surface area contributed by atoms with Crippen LogP contribution in [0.5, 0.6) is 0 Å². The number of nitrogens with zero attached hydrogens (tertiary/aromatic N) is 1. The number of hydrogen-bond acceptors (Lipinski definition) is 3. The second kappa shape index (κ2) is 7.02. The Morgan fingerprint density at radius 2 is 1.85 bits per heavy atom. The van der Waals surface area contributed by atoms with Crippen molar-refractivity contribution in [1.82, 2.24) is 10.3 Å². The van der Waals surface area contributed by atoms with E-state index in [-0.39, 0.29) is 5.91 Å². The Kier molecular flexibility index (Phi) is 4.42. The van der Waals surface area contributed by atoms with Crippen LogP contribution in [0.4, 0.5) is 0 Å². The number of furan rings is 1. The van der Waals surface area contributed by atoms with E-state index in [1.54, 1.807) is 30.5 Å². The van der Waals surface area contributed by atoms with Crippen molar-refractivity contribution in [3.05, 3.63) is 89.1 Å². The molecule has 4 rings (SSSR count). The van der Waals surface area contributed by atoms with Crippen LogP contribution >= 0.6 is 11.6 Å². The van der Waals surface area contributed by atoms with Crippen LogP contribution in [0.2, 0.25) is 5.02 Å². The molecule has 5 heteroatoms. The van der Waals surface area contributed by atoms with Gasteiger partial charge in [0.25, 0.3) is 5.91 Å². The molecular formula is C21H15ClN2O2. The third kappa shape index (κ3) is 3.32. The second-order valence-corrected chi connectivity index (χ2v) is 6.30. The predicted octanol–water partition coefficient (Wildman–Crippen LogP) is 5.08. The van der Waals surface area contributed by atoms with Gasteiger partial charge in [-0.15, -0.1) is 0 Å². The zero-order chi connectivity index (χ0) is 17.9. The van der Waals surface area contributed by atoms with Gasteiger partial charge in [-0.3, -0.25) is 4.79 Å². The average molecular weight is 363 g/mol. The lowest BCUT2D eigenvalue weighted by atomic mass is 10.1. The monoisotopic (exact) mass is 362 g/mol. The fourth-order valence-electron chi connectivity index (χ4n) is 2.79. The summed E-state index contributed by atoms with van der Waals surface area (Å²) in [5, 5.41) is 4.43. The van der Waals surface area contributed by atoms with Gasteiger partial charge in [0.2, 0.25) is 0 Å². The minimum absolute atomic E-state index is 0.161. The molecule has 0 aliphatic rings. The minimum Gasteiger partial charge on any atom is -0.463 e. The van der Waals surface area contributed by atoms with Crippen molar-refractivity contribution in [2.24, 2.45) is 0 Å². The zero-order valence-corrected chi connectivity index (χ0v) is 14.5. The molecule has 4 aromatic rings. The molecule has 0 aliphatic carbocycles. The number of halogens is 1. The first-order valence-electron chi connectivity index (χ1n) is 8.17. The van der Waals surface area contributed by atoms with Gasteiger partial charge in [0.05, 0.1) is 17.3 Å². The number of carbonyl (C=O) groups is 1. The van der Waals surface area contributed by atoms with Crippen molar-refractivity contribution in [3.8, 4) is 11.5 Å². The number of amides is 1. The first-order chi connectivity index (χ1) is 12.7. The molecule has 0 bridgehead atoms. The first kappa shape index (κ1) is 16.4. The number of fused-ring (bicyclic) bond motifs is 1. The number of hydrogen-bond donors (Lipinski definition) is 1. The molecular weight excluding hydrogens is 348 g/mol. The van der Waals surface area contributed by atoms with Gasteiger partial charge in [-0.2, -0.15) is 0 Å². The third-order valence-electron chi connectivity index (χ3n) is 4.10. The second-order valence-electron chi connectivity index (χ2n) is 5.86. The summed E-state index contributed by atoms with van der Waals surface area (Å²) in [6.45, 7) is 0.419. The molecule has 2 aromatic carbocycles. The maximum absolute atomic E-state index is 12.8. The lowest BCUT2D eigenvalue weighted by Crippen LogP contribution is -2.23. The fraction of sp³-hybridized carbons (Fsp3) is 0.0476. The SMILES string of the molecule is O=C(NCc1ccc(Cl)cc1)c1cc(-c2ccco2)nc2ccccc12. The van der Waals surface area contributed by atoms with Gasteiger partial charge in [0.1, 0.15) is 5.69 Å². The standard InChI is InChI=1S/C21H15ClN2O2/c22-15-9-7-14(8-10-15)13-23-21(25)17-12-19(20-6-3-11-26-20)24-18-5-2-1-4-16(17)18/h1-12H,13H2,(H,23,25). The molecule has 0 radical (unpaired) electrons. The van der Waals surface area contributed by atoms with E-state index in [0.717, 1.165) is 16.5 Å². The van der Waals surface area contributed by atoms with Crippen LogP contribution < -0.4 is 5.32 Å². The summed E-state index contributed by atoms with van der Waals surface area (Å²) >= 11 is 5.90. The fourth-order valence-corrected chi connectivity index (χ4v) is 2.92. The van der Waals surface area contributed by atoms with Gasteiger partial charge in [0.15, 0.2) is 5.76 Å². The summed E-state index contributed by atoms with van der Waals surface area (Å²) in [5.74, 6) is 0.467.